The van der Waals surface area contributed by atoms with Crippen LogP contribution in [0.3, 0.4) is 0 Å². The molecule has 6 nitrogen and oxygen atoms in total. The van der Waals surface area contributed by atoms with E-state index < -0.39 is 0 Å². The lowest BCUT2D eigenvalue weighted by Gasteiger charge is -2.09. The number of hydrogen-bond donors (Lipinski definition) is 2. The summed E-state index contributed by atoms with van der Waals surface area (Å²) < 4.78 is 6.40. The highest BCUT2D eigenvalue weighted by atomic mass is 79.9. The number of halogens is 2. The summed E-state index contributed by atoms with van der Waals surface area (Å²) in [5, 5.41) is 20.7. The standard InChI is InChI=1S/C11H9Br2N3O3S/c1-19-7-2-6(12)9(13)5(10(7)18)3-14-16-11-15-8(17)4-20-11/h2-3,18H,4H2,1H3,(H,15,16,17). The molecular weight excluding hydrogens is 414 g/mol. The van der Waals surface area contributed by atoms with Gasteiger partial charge >= 0.3 is 0 Å². The molecule has 0 atom stereocenters. The van der Waals surface area contributed by atoms with Crippen LogP contribution >= 0.6 is 43.6 Å². The largest absolute Gasteiger partial charge is 0.504 e. The van der Waals surface area contributed by atoms with Crippen LogP contribution in [0.15, 0.2) is 25.2 Å². The van der Waals surface area contributed by atoms with Gasteiger partial charge in [-0.3, -0.25) is 4.79 Å². The van der Waals surface area contributed by atoms with Crippen LogP contribution < -0.4 is 10.1 Å². The Morgan fingerprint density at radius 2 is 2.30 bits per heavy atom. The first kappa shape index (κ1) is 15.3. The van der Waals surface area contributed by atoms with E-state index in [1.54, 1.807) is 6.07 Å². The predicted octanol–water partition coefficient (Wildman–Crippen LogP) is 2.48. The average Bonchev–Trinajstić information content (AvgIpc) is 2.83. The summed E-state index contributed by atoms with van der Waals surface area (Å²) in [6.07, 6.45) is 1.38. The SMILES string of the molecule is COc1cc(Br)c(Br)c(C=NN=C2NC(=O)CS2)c1O. The lowest BCUT2D eigenvalue weighted by Crippen LogP contribution is -2.19. The number of carbonyl (C=O) groups is 1. The molecule has 0 aromatic heterocycles. The Kier molecular flexibility index (Phi) is 5.06. The normalized spacial score (nSPS) is 16.9. The number of rotatable bonds is 3. The number of methoxy groups -OCH3 is 1. The number of aromatic hydroxyl groups is 1. The first-order chi connectivity index (χ1) is 9.52. The highest BCUT2D eigenvalue weighted by Gasteiger charge is 2.17. The summed E-state index contributed by atoms with van der Waals surface area (Å²) >= 11 is 7.95. The van der Waals surface area contributed by atoms with Gasteiger partial charge in [0.1, 0.15) is 0 Å². The van der Waals surface area contributed by atoms with Crippen molar-refractivity contribution in [2.75, 3.05) is 12.9 Å². The van der Waals surface area contributed by atoms with Gasteiger partial charge in [-0.1, -0.05) is 11.8 Å². The molecule has 106 valence electrons. The minimum Gasteiger partial charge on any atom is -0.504 e. The fraction of sp³-hybridized carbons (Fsp3) is 0.182. The first-order valence-electron chi connectivity index (χ1n) is 5.31. The molecule has 0 aliphatic carbocycles. The van der Waals surface area contributed by atoms with Gasteiger partial charge in [-0.15, -0.1) is 5.10 Å². The van der Waals surface area contributed by atoms with Gasteiger partial charge in [-0.2, -0.15) is 5.10 Å². The van der Waals surface area contributed by atoms with Crippen LogP contribution in [0.2, 0.25) is 0 Å². The molecule has 0 radical (unpaired) electrons. The van der Waals surface area contributed by atoms with Crippen LogP contribution in [0.1, 0.15) is 5.56 Å². The zero-order valence-corrected chi connectivity index (χ0v) is 14.2. The molecule has 1 amide bonds. The van der Waals surface area contributed by atoms with E-state index in [1.807, 2.05) is 0 Å². The van der Waals surface area contributed by atoms with Crippen molar-refractivity contribution in [2.24, 2.45) is 10.2 Å². The van der Waals surface area contributed by atoms with E-state index in [9.17, 15) is 9.90 Å². The van der Waals surface area contributed by atoms with Crippen molar-refractivity contribution >= 4 is 60.9 Å². The van der Waals surface area contributed by atoms with Crippen molar-refractivity contribution in [2.45, 2.75) is 0 Å². The maximum atomic E-state index is 11.0. The summed E-state index contributed by atoms with van der Waals surface area (Å²) in [4.78, 5) is 11.0. The molecule has 9 heteroatoms. The molecular formula is C11H9Br2N3O3S. The molecule has 2 N–H and O–H groups in total. The van der Waals surface area contributed by atoms with Gasteiger partial charge in [0.15, 0.2) is 16.7 Å². The quantitative estimate of drug-likeness (QED) is 0.579. The van der Waals surface area contributed by atoms with Crippen LogP contribution in [-0.2, 0) is 4.79 Å². The zero-order chi connectivity index (χ0) is 14.7. The van der Waals surface area contributed by atoms with Crippen molar-refractivity contribution < 1.29 is 14.6 Å². The van der Waals surface area contributed by atoms with E-state index in [1.165, 1.54) is 25.1 Å². The third-order valence-electron chi connectivity index (χ3n) is 2.33. The molecule has 0 spiro atoms. The Bertz CT molecular complexity index is 619. The zero-order valence-electron chi connectivity index (χ0n) is 10.2. The van der Waals surface area contributed by atoms with Crippen molar-refractivity contribution in [1.82, 2.24) is 5.32 Å². The number of thioether (sulfide) groups is 1. The highest BCUT2D eigenvalue weighted by Crippen LogP contribution is 2.39. The second-order valence-electron chi connectivity index (χ2n) is 3.62. The molecule has 1 aliphatic rings. The van der Waals surface area contributed by atoms with Gasteiger partial charge in [-0.25, -0.2) is 0 Å². The van der Waals surface area contributed by atoms with Crippen LogP contribution in [0.5, 0.6) is 11.5 Å². The van der Waals surface area contributed by atoms with Gasteiger partial charge in [0.2, 0.25) is 5.91 Å². The summed E-state index contributed by atoms with van der Waals surface area (Å²) in [7, 11) is 1.46. The molecule has 1 saturated heterocycles. The lowest BCUT2D eigenvalue weighted by molar-refractivity contribution is -0.116. The molecule has 20 heavy (non-hydrogen) atoms. The van der Waals surface area contributed by atoms with E-state index in [-0.39, 0.29) is 11.7 Å². The van der Waals surface area contributed by atoms with Crippen molar-refractivity contribution in [3.8, 4) is 11.5 Å². The second kappa shape index (κ2) is 6.59. The Morgan fingerprint density at radius 1 is 1.55 bits per heavy atom. The van der Waals surface area contributed by atoms with Gasteiger partial charge in [0, 0.05) is 8.95 Å². The Labute approximate surface area is 135 Å². The molecule has 1 heterocycles. The number of nitrogens with one attached hydrogen (secondary N) is 1. The third-order valence-corrected chi connectivity index (χ3v) is 5.21. The van der Waals surface area contributed by atoms with Crippen LogP contribution in [-0.4, -0.2) is 35.3 Å². The lowest BCUT2D eigenvalue weighted by atomic mass is 10.2. The van der Waals surface area contributed by atoms with Gasteiger partial charge in [0.05, 0.1) is 24.6 Å². The van der Waals surface area contributed by atoms with Crippen LogP contribution in [0.4, 0.5) is 0 Å². The molecule has 0 unspecified atom stereocenters. The molecule has 1 aliphatic heterocycles. The molecule has 0 bridgehead atoms. The van der Waals surface area contributed by atoms with E-state index in [0.29, 0.717) is 31.2 Å². The number of amides is 1. The average molecular weight is 423 g/mol. The number of benzene rings is 1. The maximum absolute atomic E-state index is 11.0. The predicted molar refractivity (Wildman–Crippen MR) is 85.7 cm³/mol. The van der Waals surface area contributed by atoms with E-state index in [4.69, 9.17) is 4.74 Å². The monoisotopic (exact) mass is 421 g/mol. The molecule has 1 fully saturated rings. The maximum Gasteiger partial charge on any atom is 0.236 e. The molecule has 0 saturated carbocycles. The van der Waals surface area contributed by atoms with E-state index in [2.05, 4.69) is 47.4 Å². The number of phenolic OH excluding ortho intramolecular Hbond substituents is 1. The number of hydrogen-bond acceptors (Lipinski definition) is 6. The summed E-state index contributed by atoms with van der Waals surface area (Å²) in [5.74, 6) is 0.512. The summed E-state index contributed by atoms with van der Waals surface area (Å²) in [6, 6.07) is 1.63. The van der Waals surface area contributed by atoms with E-state index >= 15 is 0 Å². The van der Waals surface area contributed by atoms with Crippen molar-refractivity contribution in [3.63, 3.8) is 0 Å². The van der Waals surface area contributed by atoms with Crippen LogP contribution in [0, 0.1) is 0 Å². The Morgan fingerprint density at radius 3 is 2.90 bits per heavy atom. The third kappa shape index (κ3) is 3.33. The second-order valence-corrected chi connectivity index (χ2v) is 6.23. The summed E-state index contributed by atoms with van der Waals surface area (Å²) in [5.41, 5.74) is 0.426. The van der Waals surface area contributed by atoms with Gasteiger partial charge < -0.3 is 15.2 Å². The molecule has 1 aromatic carbocycles. The highest BCUT2D eigenvalue weighted by molar-refractivity contribution is 9.13. The minimum absolute atomic E-state index is 0.0466. The minimum atomic E-state index is -0.0999. The number of nitrogens with zero attached hydrogens (tertiary/aromatic N) is 2. The van der Waals surface area contributed by atoms with E-state index in [0.717, 1.165) is 0 Å². The Hall–Kier alpha value is -1.06. The Balaban J connectivity index is 2.29. The summed E-state index contributed by atoms with van der Waals surface area (Å²) in [6.45, 7) is 0. The van der Waals surface area contributed by atoms with Crippen molar-refractivity contribution in [1.29, 1.82) is 0 Å². The number of amidine groups is 1. The van der Waals surface area contributed by atoms with Crippen molar-refractivity contribution in [3.05, 3.63) is 20.6 Å². The fourth-order valence-corrected chi connectivity index (χ4v) is 2.86. The molecule has 2 rings (SSSR count). The molecule has 1 aromatic rings. The van der Waals surface area contributed by atoms with Gasteiger partial charge in [-0.05, 0) is 37.9 Å². The number of phenols is 1. The fourth-order valence-electron chi connectivity index (χ4n) is 1.40. The van der Waals surface area contributed by atoms with Gasteiger partial charge in [0.25, 0.3) is 0 Å². The number of ether oxygens (including phenoxy) is 1. The van der Waals surface area contributed by atoms with Crippen LogP contribution in [0.25, 0.3) is 0 Å². The first-order valence-corrected chi connectivity index (χ1v) is 7.88. The number of carbonyl (C=O) groups excluding carboxylic acids is 1. The smallest absolute Gasteiger partial charge is 0.236 e. The topological polar surface area (TPSA) is 83.3 Å².